The van der Waals surface area contributed by atoms with Gasteiger partial charge >= 0.3 is 0 Å². The third kappa shape index (κ3) is 3.02. The van der Waals surface area contributed by atoms with Crippen molar-refractivity contribution < 1.29 is 0 Å². The number of hydrogen-bond acceptors (Lipinski definition) is 3. The molecule has 106 valence electrons. The molecule has 0 fully saturated rings. The lowest BCUT2D eigenvalue weighted by atomic mass is 10.1. The minimum Gasteiger partial charge on any atom is -0.319 e. The van der Waals surface area contributed by atoms with E-state index in [2.05, 4.69) is 48.8 Å². The van der Waals surface area contributed by atoms with E-state index in [4.69, 9.17) is 5.73 Å². The van der Waals surface area contributed by atoms with Gasteiger partial charge in [0.2, 0.25) is 0 Å². The molecular weight excluding hydrogens is 443 g/mol. The molecule has 4 nitrogen and oxygen atoms in total. The summed E-state index contributed by atoms with van der Waals surface area (Å²) in [5.41, 5.74) is 9.30. The van der Waals surface area contributed by atoms with Crippen LogP contribution in [0.5, 0.6) is 0 Å². The number of halogens is 2. The molecule has 3 aromatic rings. The van der Waals surface area contributed by atoms with Crippen LogP contribution in [0.4, 0.5) is 0 Å². The summed E-state index contributed by atoms with van der Waals surface area (Å²) in [5.74, 6) is 0. The number of nitrogens with zero attached hydrogens (tertiary/aromatic N) is 3. The van der Waals surface area contributed by atoms with Crippen molar-refractivity contribution in [1.82, 2.24) is 15.0 Å². The van der Waals surface area contributed by atoms with Gasteiger partial charge in [-0.2, -0.15) is 0 Å². The van der Waals surface area contributed by atoms with Crippen molar-refractivity contribution in [3.63, 3.8) is 0 Å². The maximum absolute atomic E-state index is 6.44. The van der Waals surface area contributed by atoms with Crippen molar-refractivity contribution in [2.24, 2.45) is 5.73 Å². The molecule has 6 heteroatoms. The van der Waals surface area contributed by atoms with E-state index in [0.717, 1.165) is 25.0 Å². The molecule has 0 saturated heterocycles. The molecule has 1 aromatic heterocycles. The van der Waals surface area contributed by atoms with Gasteiger partial charge in [0, 0.05) is 8.04 Å². The lowest BCUT2D eigenvalue weighted by molar-refractivity contribution is 0.718. The fourth-order valence-electron chi connectivity index (χ4n) is 2.14. The maximum Gasteiger partial charge on any atom is 0.0858 e. The van der Waals surface area contributed by atoms with Crippen LogP contribution in [0.25, 0.3) is 5.69 Å². The molecule has 1 heterocycles. The molecule has 0 saturated carbocycles. The van der Waals surface area contributed by atoms with Gasteiger partial charge in [-0.25, -0.2) is 4.68 Å². The van der Waals surface area contributed by atoms with Crippen LogP contribution in [0.3, 0.4) is 0 Å². The minimum atomic E-state index is -0.287. The van der Waals surface area contributed by atoms with Gasteiger partial charge in [0.1, 0.15) is 0 Å². The van der Waals surface area contributed by atoms with Crippen LogP contribution >= 0.6 is 38.5 Å². The molecule has 1 unspecified atom stereocenters. The first kappa shape index (κ1) is 14.7. The summed E-state index contributed by atoms with van der Waals surface area (Å²) in [6, 6.07) is 15.7. The third-order valence-corrected chi connectivity index (χ3v) is 4.66. The lowest BCUT2D eigenvalue weighted by Gasteiger charge is -2.15. The van der Waals surface area contributed by atoms with E-state index in [9.17, 15) is 0 Å². The van der Waals surface area contributed by atoms with Crippen LogP contribution in [0.2, 0.25) is 0 Å². The van der Waals surface area contributed by atoms with Crippen LogP contribution < -0.4 is 5.73 Å². The predicted octanol–water partition coefficient (Wildman–Crippen LogP) is 3.68. The Hall–Kier alpha value is -1.25. The Kier molecular flexibility index (Phi) is 4.37. The second kappa shape index (κ2) is 6.25. The van der Waals surface area contributed by atoms with Gasteiger partial charge in [0.25, 0.3) is 0 Å². The zero-order chi connectivity index (χ0) is 14.8. The van der Waals surface area contributed by atoms with E-state index in [1.807, 2.05) is 48.5 Å². The number of hydrogen-bond donors (Lipinski definition) is 1. The highest BCUT2D eigenvalue weighted by Crippen LogP contribution is 2.27. The zero-order valence-corrected chi connectivity index (χ0v) is 14.7. The standard InChI is InChI=1S/C15H12BrIN4/c16-10-6-7-13(17)12(8-10)15(18)14-9-19-20-21(14)11-4-2-1-3-5-11/h1-9,15H,18H2. The summed E-state index contributed by atoms with van der Waals surface area (Å²) in [4.78, 5) is 0. The first-order chi connectivity index (χ1) is 10.2. The molecular formula is C15H12BrIN4. The van der Waals surface area contributed by atoms with Crippen molar-refractivity contribution in [2.45, 2.75) is 6.04 Å². The molecule has 1 atom stereocenters. The van der Waals surface area contributed by atoms with E-state index in [1.54, 1.807) is 10.9 Å². The van der Waals surface area contributed by atoms with Gasteiger partial charge < -0.3 is 5.73 Å². The molecule has 21 heavy (non-hydrogen) atoms. The van der Waals surface area contributed by atoms with Gasteiger partial charge in [-0.15, -0.1) is 5.10 Å². The molecule has 0 aliphatic carbocycles. The molecule has 0 spiro atoms. The minimum absolute atomic E-state index is 0.287. The lowest BCUT2D eigenvalue weighted by Crippen LogP contribution is -2.17. The Bertz CT molecular complexity index is 757. The van der Waals surface area contributed by atoms with Gasteiger partial charge in [-0.1, -0.05) is 39.3 Å². The summed E-state index contributed by atoms with van der Waals surface area (Å²) in [7, 11) is 0. The number of nitrogens with two attached hydrogens (primary N) is 1. The fraction of sp³-hybridized carbons (Fsp3) is 0.0667. The molecule has 0 radical (unpaired) electrons. The Labute approximate surface area is 144 Å². The number of para-hydroxylation sites is 1. The van der Waals surface area contributed by atoms with Crippen molar-refractivity contribution in [3.05, 3.63) is 74.0 Å². The second-order valence-corrected chi connectivity index (χ2v) is 6.63. The second-order valence-electron chi connectivity index (χ2n) is 4.55. The number of aromatic nitrogens is 3. The highest BCUT2D eigenvalue weighted by atomic mass is 127. The fourth-order valence-corrected chi connectivity index (χ4v) is 3.19. The van der Waals surface area contributed by atoms with Crippen LogP contribution in [0.1, 0.15) is 17.3 Å². The molecule has 2 N–H and O–H groups in total. The van der Waals surface area contributed by atoms with E-state index in [0.29, 0.717) is 0 Å². The Morgan fingerprint density at radius 2 is 1.90 bits per heavy atom. The van der Waals surface area contributed by atoms with E-state index < -0.39 is 0 Å². The predicted molar refractivity (Wildman–Crippen MR) is 94.2 cm³/mol. The summed E-state index contributed by atoms with van der Waals surface area (Å²) in [5, 5.41) is 8.17. The van der Waals surface area contributed by atoms with Gasteiger partial charge in [0.15, 0.2) is 0 Å². The first-order valence-electron chi connectivity index (χ1n) is 6.33. The highest BCUT2D eigenvalue weighted by Gasteiger charge is 2.18. The zero-order valence-electron chi connectivity index (χ0n) is 10.9. The van der Waals surface area contributed by atoms with Crippen LogP contribution in [0, 0.1) is 3.57 Å². The SMILES string of the molecule is NC(c1cc(Br)ccc1I)c1cnnn1-c1ccccc1. The van der Waals surface area contributed by atoms with Crippen molar-refractivity contribution >= 4 is 38.5 Å². The van der Waals surface area contributed by atoms with Gasteiger partial charge in [-0.05, 0) is 58.5 Å². The van der Waals surface area contributed by atoms with Gasteiger partial charge in [0.05, 0.1) is 23.6 Å². The van der Waals surface area contributed by atoms with Crippen LogP contribution in [0.15, 0.2) is 59.2 Å². The van der Waals surface area contributed by atoms with Crippen molar-refractivity contribution in [2.75, 3.05) is 0 Å². The summed E-state index contributed by atoms with van der Waals surface area (Å²) in [6.07, 6.45) is 1.72. The summed E-state index contributed by atoms with van der Waals surface area (Å²) in [6.45, 7) is 0. The smallest absolute Gasteiger partial charge is 0.0858 e. The normalized spacial score (nSPS) is 12.3. The van der Waals surface area contributed by atoms with Crippen molar-refractivity contribution in [3.8, 4) is 5.69 Å². The van der Waals surface area contributed by atoms with E-state index in [1.165, 1.54) is 0 Å². The quantitative estimate of drug-likeness (QED) is 0.614. The largest absolute Gasteiger partial charge is 0.319 e. The Morgan fingerprint density at radius 3 is 2.67 bits per heavy atom. The molecule has 2 aromatic carbocycles. The average Bonchev–Trinajstić information content (AvgIpc) is 2.99. The Morgan fingerprint density at radius 1 is 1.14 bits per heavy atom. The first-order valence-corrected chi connectivity index (χ1v) is 8.20. The molecule has 3 rings (SSSR count). The number of benzene rings is 2. The van der Waals surface area contributed by atoms with Gasteiger partial charge in [-0.3, -0.25) is 0 Å². The molecule has 0 aliphatic heterocycles. The van der Waals surface area contributed by atoms with E-state index >= 15 is 0 Å². The summed E-state index contributed by atoms with van der Waals surface area (Å²) >= 11 is 5.79. The van der Waals surface area contributed by atoms with Crippen LogP contribution in [-0.2, 0) is 0 Å². The highest BCUT2D eigenvalue weighted by molar-refractivity contribution is 14.1. The van der Waals surface area contributed by atoms with Crippen LogP contribution in [-0.4, -0.2) is 15.0 Å². The maximum atomic E-state index is 6.44. The Balaban J connectivity index is 2.06. The third-order valence-electron chi connectivity index (χ3n) is 3.19. The topological polar surface area (TPSA) is 56.7 Å². The monoisotopic (exact) mass is 454 g/mol. The molecule has 0 bridgehead atoms. The number of rotatable bonds is 3. The van der Waals surface area contributed by atoms with E-state index in [-0.39, 0.29) is 6.04 Å². The molecule has 0 aliphatic rings. The van der Waals surface area contributed by atoms with Crippen molar-refractivity contribution in [1.29, 1.82) is 0 Å². The summed E-state index contributed by atoms with van der Waals surface area (Å²) < 4.78 is 3.90. The molecule has 0 amide bonds. The average molecular weight is 455 g/mol.